The summed E-state index contributed by atoms with van der Waals surface area (Å²) >= 11 is 6.12. The monoisotopic (exact) mass is 479 g/mol. The summed E-state index contributed by atoms with van der Waals surface area (Å²) in [6, 6.07) is 14.5. The molecule has 9 heteroatoms. The molecule has 0 bridgehead atoms. The largest absolute Gasteiger partial charge is 0.379 e. The van der Waals surface area contributed by atoms with Crippen LogP contribution >= 0.6 is 11.6 Å². The summed E-state index contributed by atoms with van der Waals surface area (Å²) in [6.45, 7) is 4.76. The number of nitrogens with zero attached hydrogens (tertiary/aromatic N) is 4. The Hall–Kier alpha value is -3.20. The van der Waals surface area contributed by atoms with Gasteiger partial charge in [0.1, 0.15) is 0 Å². The molecule has 8 nitrogen and oxygen atoms in total. The van der Waals surface area contributed by atoms with E-state index >= 15 is 0 Å². The number of benzene rings is 1. The molecule has 3 aromatic heterocycles. The Morgan fingerprint density at radius 3 is 2.53 bits per heavy atom. The lowest BCUT2D eigenvalue weighted by atomic mass is 10.1. The maximum Gasteiger partial charge on any atom is 0.276 e. The lowest BCUT2D eigenvalue weighted by Crippen LogP contribution is -2.39. The predicted octanol–water partition coefficient (Wildman–Crippen LogP) is 2.78. The predicted molar refractivity (Wildman–Crippen MR) is 132 cm³/mol. The Morgan fingerprint density at radius 1 is 1.00 bits per heavy atom. The Labute approximate surface area is 201 Å². The Kier molecular flexibility index (Phi) is 6.62. The van der Waals surface area contributed by atoms with Crippen molar-refractivity contribution in [2.24, 2.45) is 0 Å². The molecular weight excluding hydrogens is 454 g/mol. The van der Waals surface area contributed by atoms with E-state index in [9.17, 15) is 9.59 Å². The van der Waals surface area contributed by atoms with E-state index in [0.29, 0.717) is 54.3 Å². The Balaban J connectivity index is 1.57. The first-order valence-electron chi connectivity index (χ1n) is 11.4. The quantitative estimate of drug-likeness (QED) is 0.440. The third-order valence-corrected chi connectivity index (χ3v) is 6.46. The zero-order chi connectivity index (χ0) is 23.5. The molecule has 0 aliphatic carbocycles. The first kappa shape index (κ1) is 22.6. The van der Waals surface area contributed by atoms with Gasteiger partial charge in [0.05, 0.1) is 36.4 Å². The van der Waals surface area contributed by atoms with E-state index in [-0.39, 0.29) is 11.1 Å². The number of H-pyrrole nitrogens is 1. The number of halogens is 1. The van der Waals surface area contributed by atoms with E-state index in [1.807, 2.05) is 30.3 Å². The van der Waals surface area contributed by atoms with Crippen LogP contribution in [0.1, 0.15) is 5.69 Å². The van der Waals surface area contributed by atoms with Crippen molar-refractivity contribution in [2.45, 2.75) is 19.5 Å². The number of aromatic amines is 1. The van der Waals surface area contributed by atoms with Crippen molar-refractivity contribution >= 4 is 22.5 Å². The van der Waals surface area contributed by atoms with Gasteiger partial charge in [-0.15, -0.1) is 0 Å². The van der Waals surface area contributed by atoms with E-state index < -0.39 is 0 Å². The molecule has 0 amide bonds. The number of nitrogens with one attached hydrogen (secondary N) is 1. The molecule has 0 unspecified atom stereocenters. The highest BCUT2D eigenvalue weighted by atomic mass is 35.5. The van der Waals surface area contributed by atoms with Crippen LogP contribution in [0.4, 0.5) is 0 Å². The fraction of sp³-hybridized carbons (Fsp3) is 0.320. The summed E-state index contributed by atoms with van der Waals surface area (Å²) in [6.07, 6.45) is 2.31. The molecule has 0 spiro atoms. The first-order chi connectivity index (χ1) is 16.6. The van der Waals surface area contributed by atoms with E-state index in [0.717, 1.165) is 30.9 Å². The van der Waals surface area contributed by atoms with E-state index in [4.69, 9.17) is 16.3 Å². The van der Waals surface area contributed by atoms with Gasteiger partial charge in [0.15, 0.2) is 0 Å². The summed E-state index contributed by atoms with van der Waals surface area (Å²) in [5.41, 5.74) is 2.48. The number of aryl methyl sites for hydroxylation is 1. The van der Waals surface area contributed by atoms with Gasteiger partial charge in [-0.1, -0.05) is 29.8 Å². The van der Waals surface area contributed by atoms with E-state index in [2.05, 4.69) is 15.0 Å². The summed E-state index contributed by atoms with van der Waals surface area (Å²) in [4.78, 5) is 33.4. The number of aromatic nitrogens is 4. The SMILES string of the molecule is O=c1c2c(-c3ccc(Cl)cc3)n(CCc3ccccn3)c(=O)cc2[nH]n1CCN1CCOCC1. The zero-order valence-electron chi connectivity index (χ0n) is 18.7. The average molecular weight is 480 g/mol. The van der Waals surface area contributed by atoms with Crippen LogP contribution in [-0.2, 0) is 24.2 Å². The maximum absolute atomic E-state index is 13.5. The summed E-state index contributed by atoms with van der Waals surface area (Å²) < 4.78 is 8.68. The number of fused-ring (bicyclic) bond motifs is 1. The van der Waals surface area contributed by atoms with E-state index in [1.54, 1.807) is 27.6 Å². The molecule has 176 valence electrons. The molecule has 0 radical (unpaired) electrons. The van der Waals surface area contributed by atoms with Gasteiger partial charge < -0.3 is 9.30 Å². The summed E-state index contributed by atoms with van der Waals surface area (Å²) in [5, 5.41) is 4.26. The van der Waals surface area contributed by atoms with Crippen molar-refractivity contribution in [1.29, 1.82) is 0 Å². The smallest absolute Gasteiger partial charge is 0.276 e. The molecule has 0 saturated carbocycles. The van der Waals surface area contributed by atoms with Crippen molar-refractivity contribution < 1.29 is 4.74 Å². The fourth-order valence-electron chi connectivity index (χ4n) is 4.41. The second-order valence-electron chi connectivity index (χ2n) is 8.37. The highest BCUT2D eigenvalue weighted by Crippen LogP contribution is 2.26. The van der Waals surface area contributed by atoms with Gasteiger partial charge in [0, 0.05) is 55.6 Å². The fourth-order valence-corrected chi connectivity index (χ4v) is 4.53. The average Bonchev–Trinajstić information content (AvgIpc) is 3.17. The van der Waals surface area contributed by atoms with E-state index in [1.165, 1.54) is 6.07 Å². The number of pyridine rings is 2. The van der Waals surface area contributed by atoms with Crippen molar-refractivity contribution in [3.05, 3.63) is 86.2 Å². The molecular formula is C25H26ClN5O3. The molecule has 5 rings (SSSR count). The minimum Gasteiger partial charge on any atom is -0.379 e. The van der Waals surface area contributed by atoms with Crippen molar-refractivity contribution in [3.8, 4) is 11.3 Å². The van der Waals surface area contributed by atoms with Crippen LogP contribution in [0.25, 0.3) is 22.2 Å². The van der Waals surface area contributed by atoms with Gasteiger partial charge >= 0.3 is 0 Å². The number of hydrogen-bond donors (Lipinski definition) is 1. The topological polar surface area (TPSA) is 85.2 Å². The molecule has 34 heavy (non-hydrogen) atoms. The maximum atomic E-state index is 13.5. The molecule has 4 heterocycles. The van der Waals surface area contributed by atoms with Gasteiger partial charge in [0.2, 0.25) is 0 Å². The van der Waals surface area contributed by atoms with Crippen molar-refractivity contribution in [3.63, 3.8) is 0 Å². The lowest BCUT2D eigenvalue weighted by molar-refractivity contribution is 0.0359. The van der Waals surface area contributed by atoms with Crippen LogP contribution in [0.5, 0.6) is 0 Å². The standard InChI is InChI=1S/C25H26ClN5O3/c26-19-6-4-18(5-7-19)24-23-21(17-22(32)30(24)10-8-20-3-1-2-9-27-20)28-31(25(23)33)12-11-29-13-15-34-16-14-29/h1-7,9,17,28H,8,10-16H2. The molecule has 1 aromatic carbocycles. The summed E-state index contributed by atoms with van der Waals surface area (Å²) in [5.74, 6) is 0. The minimum absolute atomic E-state index is 0.139. The molecule has 1 N–H and O–H groups in total. The van der Waals surface area contributed by atoms with Gasteiger partial charge in [-0.05, 0) is 29.8 Å². The van der Waals surface area contributed by atoms with Crippen LogP contribution in [0.3, 0.4) is 0 Å². The number of hydrogen-bond acceptors (Lipinski definition) is 5. The highest BCUT2D eigenvalue weighted by molar-refractivity contribution is 6.30. The Morgan fingerprint density at radius 2 is 1.79 bits per heavy atom. The van der Waals surface area contributed by atoms with Crippen LogP contribution in [0, 0.1) is 0 Å². The van der Waals surface area contributed by atoms with Crippen LogP contribution in [0.2, 0.25) is 5.02 Å². The lowest BCUT2D eigenvalue weighted by Gasteiger charge is -2.26. The van der Waals surface area contributed by atoms with Gasteiger partial charge in [-0.25, -0.2) is 0 Å². The normalized spacial score (nSPS) is 14.6. The van der Waals surface area contributed by atoms with Crippen molar-refractivity contribution in [1.82, 2.24) is 24.2 Å². The number of rotatable bonds is 7. The molecule has 1 aliphatic heterocycles. The second-order valence-corrected chi connectivity index (χ2v) is 8.81. The zero-order valence-corrected chi connectivity index (χ0v) is 19.5. The molecule has 1 aliphatic rings. The molecule has 4 aromatic rings. The molecule has 0 atom stereocenters. The summed E-state index contributed by atoms with van der Waals surface area (Å²) in [7, 11) is 0. The van der Waals surface area contributed by atoms with Gasteiger partial charge in [-0.2, -0.15) is 0 Å². The van der Waals surface area contributed by atoms with Crippen LogP contribution in [0.15, 0.2) is 64.3 Å². The molecule has 1 fully saturated rings. The third kappa shape index (κ3) is 4.70. The second kappa shape index (κ2) is 9.97. The van der Waals surface area contributed by atoms with Gasteiger partial charge in [-0.3, -0.25) is 29.3 Å². The Bertz CT molecular complexity index is 1390. The number of morpholine rings is 1. The third-order valence-electron chi connectivity index (χ3n) is 6.20. The minimum atomic E-state index is -0.171. The molecule has 1 saturated heterocycles. The van der Waals surface area contributed by atoms with Crippen LogP contribution < -0.4 is 11.1 Å². The number of ether oxygens (including phenoxy) is 1. The first-order valence-corrected chi connectivity index (χ1v) is 11.8. The van der Waals surface area contributed by atoms with Gasteiger partial charge in [0.25, 0.3) is 11.1 Å². The van der Waals surface area contributed by atoms with Crippen molar-refractivity contribution in [2.75, 3.05) is 32.8 Å². The highest BCUT2D eigenvalue weighted by Gasteiger charge is 2.19. The van der Waals surface area contributed by atoms with Crippen LogP contribution in [-0.4, -0.2) is 57.1 Å².